The van der Waals surface area contributed by atoms with Crippen molar-refractivity contribution in [3.8, 4) is 11.5 Å². The van der Waals surface area contributed by atoms with Crippen LogP contribution in [0.1, 0.15) is 79.0 Å². The molecule has 0 aliphatic carbocycles. The maximum Gasteiger partial charge on any atom is 0.514 e. The highest BCUT2D eigenvalue weighted by atomic mass is 16.7. The summed E-state index contributed by atoms with van der Waals surface area (Å²) in [4.78, 5) is 14.8. The third-order valence-corrected chi connectivity index (χ3v) is 5.28. The van der Waals surface area contributed by atoms with Gasteiger partial charge in [-0.2, -0.15) is 0 Å². The molecule has 0 aromatic heterocycles. The first kappa shape index (κ1) is 26.6. The molecule has 0 saturated heterocycles. The summed E-state index contributed by atoms with van der Waals surface area (Å²) in [5.74, 6) is 1.43. The Morgan fingerprint density at radius 2 is 1.33 bits per heavy atom. The van der Waals surface area contributed by atoms with Crippen molar-refractivity contribution in [2.24, 2.45) is 0 Å². The fraction of sp³-hybridized carbons (Fsp3) is 0.536. The summed E-state index contributed by atoms with van der Waals surface area (Å²) in [7, 11) is 3.75. The second-order valence-corrected chi connectivity index (χ2v) is 11.6. The molecule has 0 heterocycles. The van der Waals surface area contributed by atoms with Crippen LogP contribution < -0.4 is 14.4 Å². The zero-order valence-electron chi connectivity index (χ0n) is 22.3. The van der Waals surface area contributed by atoms with Gasteiger partial charge in [0.05, 0.1) is 7.11 Å². The van der Waals surface area contributed by atoms with Gasteiger partial charge in [0, 0.05) is 30.4 Å². The van der Waals surface area contributed by atoms with Crippen LogP contribution in [0, 0.1) is 0 Å². The Bertz CT molecular complexity index is 922. The monoisotopic (exact) mass is 455 g/mol. The first-order valence-corrected chi connectivity index (χ1v) is 11.4. The Morgan fingerprint density at radius 1 is 0.848 bits per heavy atom. The molecule has 0 atom stereocenters. The van der Waals surface area contributed by atoms with E-state index in [9.17, 15) is 4.79 Å². The van der Waals surface area contributed by atoms with E-state index >= 15 is 0 Å². The minimum atomic E-state index is -0.683. The summed E-state index contributed by atoms with van der Waals surface area (Å²) < 4.78 is 16.6. The SMILES string of the molecule is COc1ccc(CN(C)c2cc(C(C)(C)C)c(OC(=O)OC(C)(C)C)c(C(C)(C)C)c2)cc1. The van der Waals surface area contributed by atoms with Crippen molar-refractivity contribution < 1.29 is 19.0 Å². The summed E-state index contributed by atoms with van der Waals surface area (Å²) in [5.41, 5.74) is 3.08. The van der Waals surface area contributed by atoms with Crippen molar-refractivity contribution in [2.45, 2.75) is 85.3 Å². The van der Waals surface area contributed by atoms with Crippen molar-refractivity contribution in [3.63, 3.8) is 0 Å². The van der Waals surface area contributed by atoms with E-state index in [2.05, 4.69) is 77.8 Å². The van der Waals surface area contributed by atoms with Crippen molar-refractivity contribution in [3.05, 3.63) is 53.1 Å². The molecule has 0 amide bonds. The molecule has 0 aliphatic heterocycles. The van der Waals surface area contributed by atoms with Crippen molar-refractivity contribution in [2.75, 3.05) is 19.1 Å². The first-order valence-electron chi connectivity index (χ1n) is 11.4. The average molecular weight is 456 g/mol. The van der Waals surface area contributed by atoms with Gasteiger partial charge in [-0.1, -0.05) is 53.7 Å². The van der Waals surface area contributed by atoms with Gasteiger partial charge in [0.2, 0.25) is 0 Å². The second kappa shape index (κ2) is 9.66. The lowest BCUT2D eigenvalue weighted by Gasteiger charge is -2.32. The molecule has 2 aromatic rings. The molecule has 5 heteroatoms. The van der Waals surface area contributed by atoms with Crippen LogP contribution in [-0.2, 0) is 22.1 Å². The lowest BCUT2D eigenvalue weighted by Crippen LogP contribution is -2.28. The first-order chi connectivity index (χ1) is 15.0. The number of anilines is 1. The van der Waals surface area contributed by atoms with E-state index in [0.717, 1.165) is 29.1 Å². The minimum absolute atomic E-state index is 0.242. The van der Waals surface area contributed by atoms with E-state index in [1.165, 1.54) is 5.56 Å². The van der Waals surface area contributed by atoms with Crippen molar-refractivity contribution in [1.82, 2.24) is 0 Å². The van der Waals surface area contributed by atoms with Gasteiger partial charge in [-0.15, -0.1) is 0 Å². The topological polar surface area (TPSA) is 48.0 Å². The molecule has 2 rings (SSSR count). The quantitative estimate of drug-likeness (QED) is 0.351. The number of carbonyl (C=O) groups is 1. The fourth-order valence-electron chi connectivity index (χ4n) is 3.51. The molecule has 0 bridgehead atoms. The summed E-state index contributed by atoms with van der Waals surface area (Å²) in [6, 6.07) is 12.3. The number of hydrogen-bond acceptors (Lipinski definition) is 5. The van der Waals surface area contributed by atoms with Crippen LogP contribution in [0.5, 0.6) is 11.5 Å². The Labute approximate surface area is 200 Å². The van der Waals surface area contributed by atoms with E-state index in [4.69, 9.17) is 14.2 Å². The summed E-state index contributed by atoms with van der Waals surface area (Å²) in [6.07, 6.45) is -0.683. The predicted octanol–water partition coefficient (Wildman–Crippen LogP) is 7.24. The van der Waals surface area contributed by atoms with Gasteiger partial charge in [-0.3, -0.25) is 0 Å². The maximum absolute atomic E-state index is 12.6. The van der Waals surface area contributed by atoms with Gasteiger partial charge in [0.25, 0.3) is 0 Å². The molecule has 0 radical (unpaired) electrons. The van der Waals surface area contributed by atoms with Crippen LogP contribution in [0.3, 0.4) is 0 Å². The number of carbonyl (C=O) groups excluding carboxylic acids is 1. The van der Waals surface area contributed by atoms with E-state index < -0.39 is 11.8 Å². The minimum Gasteiger partial charge on any atom is -0.497 e. The van der Waals surface area contributed by atoms with Crippen LogP contribution in [0.25, 0.3) is 0 Å². The third kappa shape index (κ3) is 7.41. The van der Waals surface area contributed by atoms with Gasteiger partial charge in [-0.25, -0.2) is 4.79 Å². The zero-order chi connectivity index (χ0) is 25.2. The highest BCUT2D eigenvalue weighted by Gasteiger charge is 2.31. The third-order valence-electron chi connectivity index (χ3n) is 5.28. The van der Waals surface area contributed by atoms with Crippen molar-refractivity contribution in [1.29, 1.82) is 0 Å². The Hall–Kier alpha value is -2.69. The number of ether oxygens (including phenoxy) is 3. The number of methoxy groups -OCH3 is 1. The van der Waals surface area contributed by atoms with E-state index in [1.807, 2.05) is 32.9 Å². The highest BCUT2D eigenvalue weighted by molar-refractivity contribution is 5.69. The molecule has 0 saturated carbocycles. The van der Waals surface area contributed by atoms with Crippen LogP contribution in [0.2, 0.25) is 0 Å². The normalized spacial score (nSPS) is 12.3. The number of rotatable bonds is 5. The molecule has 0 N–H and O–H groups in total. The number of benzene rings is 2. The lowest BCUT2D eigenvalue weighted by molar-refractivity contribution is 0.0199. The fourth-order valence-corrected chi connectivity index (χ4v) is 3.51. The molecular formula is C28H41NO4. The number of hydrogen-bond donors (Lipinski definition) is 0. The van der Waals surface area contributed by atoms with Gasteiger partial charge in [0.15, 0.2) is 0 Å². The molecule has 0 spiro atoms. The number of nitrogens with zero attached hydrogens (tertiary/aromatic N) is 1. The molecule has 0 unspecified atom stereocenters. The molecular weight excluding hydrogens is 414 g/mol. The van der Waals surface area contributed by atoms with E-state index in [1.54, 1.807) is 7.11 Å². The van der Waals surface area contributed by atoms with E-state index in [-0.39, 0.29) is 10.8 Å². The van der Waals surface area contributed by atoms with Crippen LogP contribution in [0.4, 0.5) is 10.5 Å². The Morgan fingerprint density at radius 3 is 1.73 bits per heavy atom. The molecule has 182 valence electrons. The second-order valence-electron chi connectivity index (χ2n) is 11.6. The largest absolute Gasteiger partial charge is 0.514 e. The van der Waals surface area contributed by atoms with Crippen LogP contribution in [0.15, 0.2) is 36.4 Å². The highest BCUT2D eigenvalue weighted by Crippen LogP contribution is 2.43. The van der Waals surface area contributed by atoms with Crippen molar-refractivity contribution >= 4 is 11.8 Å². The van der Waals surface area contributed by atoms with Gasteiger partial charge in [-0.05, 0) is 61.4 Å². The summed E-state index contributed by atoms with van der Waals surface area (Å²) in [6.45, 7) is 19.0. The van der Waals surface area contributed by atoms with E-state index in [0.29, 0.717) is 5.75 Å². The summed E-state index contributed by atoms with van der Waals surface area (Å²) >= 11 is 0. The predicted molar refractivity (Wildman–Crippen MR) is 136 cm³/mol. The Balaban J connectivity index is 2.54. The Kier molecular flexibility index (Phi) is 7.78. The lowest BCUT2D eigenvalue weighted by atomic mass is 9.79. The van der Waals surface area contributed by atoms with Crippen LogP contribution >= 0.6 is 0 Å². The van der Waals surface area contributed by atoms with Gasteiger partial charge in [0.1, 0.15) is 17.1 Å². The summed E-state index contributed by atoms with van der Waals surface area (Å²) in [5, 5.41) is 0. The molecule has 5 nitrogen and oxygen atoms in total. The standard InChI is InChI=1S/C28H41NO4/c1-26(2,3)22-16-20(29(10)18-19-12-14-21(31-11)15-13-19)17-23(27(4,5)6)24(22)32-25(30)33-28(7,8)9/h12-17H,18H2,1-11H3. The molecule has 2 aromatic carbocycles. The van der Waals surface area contributed by atoms with Crippen LogP contribution in [-0.4, -0.2) is 25.9 Å². The van der Waals surface area contributed by atoms with Gasteiger partial charge < -0.3 is 19.1 Å². The average Bonchev–Trinajstić information content (AvgIpc) is 2.65. The zero-order valence-corrected chi connectivity index (χ0v) is 22.3. The molecule has 0 fully saturated rings. The molecule has 33 heavy (non-hydrogen) atoms. The van der Waals surface area contributed by atoms with Gasteiger partial charge >= 0.3 is 6.16 Å². The molecule has 0 aliphatic rings. The smallest absolute Gasteiger partial charge is 0.497 e. The maximum atomic E-state index is 12.6.